The molecule has 0 spiro atoms. The fraction of sp³-hybridized carbons (Fsp3) is 0. The van der Waals surface area contributed by atoms with E-state index in [0.717, 1.165) is 6.07 Å². The number of nitro groups is 1. The first-order valence-electron chi connectivity index (χ1n) is 5.45. The Balaban J connectivity index is 2.31. The van der Waals surface area contributed by atoms with E-state index >= 15 is 0 Å². The van der Waals surface area contributed by atoms with Gasteiger partial charge in [0.2, 0.25) is 0 Å². The van der Waals surface area contributed by atoms with Crippen LogP contribution in [0, 0.1) is 10.1 Å². The summed E-state index contributed by atoms with van der Waals surface area (Å²) in [6.45, 7) is 0. The molecule has 0 aliphatic rings. The Morgan fingerprint density at radius 1 is 1.24 bits per heavy atom. The molecule has 0 radical (unpaired) electrons. The summed E-state index contributed by atoms with van der Waals surface area (Å²) in [6.07, 6.45) is 1.21. The molecule has 0 aliphatic heterocycles. The summed E-state index contributed by atoms with van der Waals surface area (Å²) in [5, 5.41) is 13.7. The fourth-order valence-corrected chi connectivity index (χ4v) is 1.94. The number of carbonyl (C=O) groups excluding carboxylic acids is 1. The number of pyridine rings is 1. The molecule has 0 aliphatic carbocycles. The molecule has 2 rings (SSSR count). The van der Waals surface area contributed by atoms with Gasteiger partial charge in [-0.2, -0.15) is 0 Å². The number of nitrogens with zero attached hydrogens (tertiary/aromatic N) is 2. The van der Waals surface area contributed by atoms with Crippen LogP contribution in [0.2, 0.25) is 15.2 Å². The molecule has 0 saturated carbocycles. The van der Waals surface area contributed by atoms with E-state index in [9.17, 15) is 14.9 Å². The molecular formula is C12H6Cl3N3O3. The standard InChI is InChI=1S/C12H6Cl3N3O3/c13-7-1-2-9(10(4-7)18(20)21)17-12(19)6-3-8(14)11(15)16-5-6/h1-5H,(H,17,19). The Labute approximate surface area is 133 Å². The molecule has 6 nitrogen and oxygen atoms in total. The largest absolute Gasteiger partial charge is 0.316 e. The average molecular weight is 347 g/mol. The minimum Gasteiger partial charge on any atom is -0.316 e. The normalized spacial score (nSPS) is 10.2. The lowest BCUT2D eigenvalue weighted by Crippen LogP contribution is -2.13. The minimum atomic E-state index is -0.644. The van der Waals surface area contributed by atoms with E-state index in [4.69, 9.17) is 34.8 Å². The van der Waals surface area contributed by atoms with Gasteiger partial charge in [0.1, 0.15) is 10.8 Å². The maximum atomic E-state index is 12.0. The molecule has 1 amide bonds. The number of hydrogen-bond acceptors (Lipinski definition) is 4. The van der Waals surface area contributed by atoms with Crippen LogP contribution in [-0.2, 0) is 0 Å². The van der Waals surface area contributed by atoms with Crippen molar-refractivity contribution < 1.29 is 9.72 Å². The first-order chi connectivity index (χ1) is 9.88. The van der Waals surface area contributed by atoms with Crippen molar-refractivity contribution >= 4 is 52.1 Å². The maximum absolute atomic E-state index is 12.0. The van der Waals surface area contributed by atoms with Crippen LogP contribution in [0.4, 0.5) is 11.4 Å². The molecule has 9 heteroatoms. The van der Waals surface area contributed by atoms with E-state index in [1.807, 2.05) is 0 Å². The zero-order valence-corrected chi connectivity index (χ0v) is 12.4. The molecule has 0 unspecified atom stereocenters. The third-order valence-corrected chi connectivity index (χ3v) is 3.38. The van der Waals surface area contributed by atoms with E-state index < -0.39 is 10.8 Å². The van der Waals surface area contributed by atoms with Crippen LogP contribution in [0.15, 0.2) is 30.5 Å². The second kappa shape index (κ2) is 6.26. The number of benzene rings is 1. The Bertz CT molecular complexity index is 737. The number of amides is 1. The van der Waals surface area contributed by atoms with Crippen molar-refractivity contribution in [2.45, 2.75) is 0 Å². The number of nitrogens with one attached hydrogen (secondary N) is 1. The van der Waals surface area contributed by atoms with Crippen molar-refractivity contribution in [2.75, 3.05) is 5.32 Å². The van der Waals surface area contributed by atoms with Crippen molar-refractivity contribution in [3.8, 4) is 0 Å². The smallest absolute Gasteiger partial charge is 0.294 e. The van der Waals surface area contributed by atoms with Gasteiger partial charge in [-0.1, -0.05) is 34.8 Å². The molecule has 1 aromatic carbocycles. The van der Waals surface area contributed by atoms with Gasteiger partial charge in [-0.3, -0.25) is 14.9 Å². The molecule has 108 valence electrons. The van der Waals surface area contributed by atoms with E-state index in [-0.39, 0.29) is 32.1 Å². The topological polar surface area (TPSA) is 85.1 Å². The highest BCUT2D eigenvalue weighted by Gasteiger charge is 2.18. The van der Waals surface area contributed by atoms with Gasteiger partial charge in [0.05, 0.1) is 15.5 Å². The quantitative estimate of drug-likeness (QED) is 0.512. The lowest BCUT2D eigenvalue weighted by molar-refractivity contribution is -0.383. The molecule has 1 N–H and O–H groups in total. The summed E-state index contributed by atoms with van der Waals surface area (Å²) in [6, 6.07) is 5.22. The van der Waals surface area contributed by atoms with Crippen molar-refractivity contribution in [1.82, 2.24) is 4.98 Å². The van der Waals surface area contributed by atoms with Crippen molar-refractivity contribution in [3.63, 3.8) is 0 Å². The van der Waals surface area contributed by atoms with Gasteiger partial charge in [-0.05, 0) is 18.2 Å². The van der Waals surface area contributed by atoms with Gasteiger partial charge in [-0.15, -0.1) is 0 Å². The van der Waals surface area contributed by atoms with Gasteiger partial charge < -0.3 is 5.32 Å². The van der Waals surface area contributed by atoms with E-state index in [2.05, 4.69) is 10.3 Å². The van der Waals surface area contributed by atoms with Crippen LogP contribution in [0.5, 0.6) is 0 Å². The van der Waals surface area contributed by atoms with Crippen LogP contribution in [0.25, 0.3) is 0 Å². The lowest BCUT2D eigenvalue weighted by atomic mass is 10.2. The molecule has 21 heavy (non-hydrogen) atoms. The highest BCUT2D eigenvalue weighted by molar-refractivity contribution is 6.41. The molecular weight excluding hydrogens is 341 g/mol. The Kier molecular flexibility index (Phi) is 4.62. The zero-order chi connectivity index (χ0) is 15.6. The number of carbonyl (C=O) groups is 1. The SMILES string of the molecule is O=C(Nc1ccc(Cl)cc1[N+](=O)[O-])c1cnc(Cl)c(Cl)c1. The summed E-state index contributed by atoms with van der Waals surface area (Å²) in [4.78, 5) is 26.1. The van der Waals surface area contributed by atoms with Gasteiger partial charge in [-0.25, -0.2) is 4.98 Å². The second-order valence-electron chi connectivity index (χ2n) is 3.87. The summed E-state index contributed by atoms with van der Waals surface area (Å²) in [5.41, 5.74) is -0.182. The van der Waals surface area contributed by atoms with E-state index in [1.54, 1.807) is 0 Å². The first kappa shape index (κ1) is 15.5. The number of anilines is 1. The van der Waals surface area contributed by atoms with Gasteiger partial charge in [0, 0.05) is 17.3 Å². The Morgan fingerprint density at radius 3 is 2.57 bits per heavy atom. The maximum Gasteiger partial charge on any atom is 0.294 e. The van der Waals surface area contributed by atoms with Crippen LogP contribution in [0.1, 0.15) is 10.4 Å². The Hall–Kier alpha value is -1.89. The van der Waals surface area contributed by atoms with E-state index in [0.29, 0.717) is 0 Å². The molecule has 1 aromatic heterocycles. The Morgan fingerprint density at radius 2 is 1.95 bits per heavy atom. The third-order valence-electron chi connectivity index (χ3n) is 2.46. The van der Waals surface area contributed by atoms with Crippen molar-refractivity contribution in [1.29, 1.82) is 0 Å². The summed E-state index contributed by atoms with van der Waals surface area (Å²) >= 11 is 17.1. The minimum absolute atomic E-state index is 0.0143. The van der Waals surface area contributed by atoms with Crippen LogP contribution in [0.3, 0.4) is 0 Å². The molecule has 0 fully saturated rings. The van der Waals surface area contributed by atoms with Crippen LogP contribution < -0.4 is 5.32 Å². The molecule has 2 aromatic rings. The summed E-state index contributed by atoms with van der Waals surface area (Å²) < 4.78 is 0. The van der Waals surface area contributed by atoms with Gasteiger partial charge >= 0.3 is 0 Å². The molecule has 0 saturated heterocycles. The monoisotopic (exact) mass is 345 g/mol. The van der Waals surface area contributed by atoms with Crippen molar-refractivity contribution in [3.05, 3.63) is 61.3 Å². The average Bonchev–Trinajstić information content (AvgIpc) is 2.43. The highest BCUT2D eigenvalue weighted by Crippen LogP contribution is 2.28. The summed E-state index contributed by atoms with van der Waals surface area (Å²) in [5.74, 6) is -0.605. The van der Waals surface area contributed by atoms with Crippen LogP contribution in [-0.4, -0.2) is 15.8 Å². The number of aromatic nitrogens is 1. The zero-order valence-electron chi connectivity index (χ0n) is 10.1. The van der Waals surface area contributed by atoms with E-state index in [1.165, 1.54) is 24.4 Å². The summed E-state index contributed by atoms with van der Waals surface area (Å²) in [7, 11) is 0. The number of hydrogen-bond donors (Lipinski definition) is 1. The molecule has 0 bridgehead atoms. The number of nitro benzene ring substituents is 1. The second-order valence-corrected chi connectivity index (χ2v) is 5.07. The molecule has 0 atom stereocenters. The lowest BCUT2D eigenvalue weighted by Gasteiger charge is -2.06. The first-order valence-corrected chi connectivity index (χ1v) is 6.58. The predicted molar refractivity (Wildman–Crippen MR) is 80.3 cm³/mol. The van der Waals surface area contributed by atoms with Crippen molar-refractivity contribution in [2.24, 2.45) is 0 Å². The van der Waals surface area contributed by atoms with Gasteiger partial charge in [0.25, 0.3) is 11.6 Å². The van der Waals surface area contributed by atoms with Gasteiger partial charge in [0.15, 0.2) is 0 Å². The fourth-order valence-electron chi connectivity index (χ4n) is 1.50. The highest BCUT2D eigenvalue weighted by atomic mass is 35.5. The number of rotatable bonds is 3. The number of halogens is 3. The predicted octanol–water partition coefficient (Wildman–Crippen LogP) is 4.20. The molecule has 1 heterocycles. The third kappa shape index (κ3) is 3.60. The van der Waals surface area contributed by atoms with Crippen LogP contribution >= 0.6 is 34.8 Å².